The van der Waals surface area contributed by atoms with Gasteiger partial charge in [0.25, 0.3) is 0 Å². The van der Waals surface area contributed by atoms with Crippen LogP contribution in [0.2, 0.25) is 0 Å². The normalized spacial score (nSPS) is 10.9. The molecule has 0 bridgehead atoms. The fourth-order valence-corrected chi connectivity index (χ4v) is 4.26. The number of benzene rings is 4. The lowest BCUT2D eigenvalue weighted by atomic mass is 9.96. The van der Waals surface area contributed by atoms with Gasteiger partial charge in [-0.3, -0.25) is 0 Å². The summed E-state index contributed by atoms with van der Waals surface area (Å²) in [7, 11) is 2.96. The molecule has 3 N–H and O–H groups in total. The van der Waals surface area contributed by atoms with Crippen molar-refractivity contribution >= 4 is 10.9 Å². The third-order valence-corrected chi connectivity index (χ3v) is 6.10. The minimum absolute atomic E-state index is 0.0960. The standard InChI is InChI=1S/C30H25NO6/c1-35-27-16-23(18-8-12-22(32)13-9-18)30(36-2)29(34)28(27)20-10-14-26(25(33)15-20)37-17-21-11-7-19-5-3-4-6-24(19)31-21/h3-16,32-34H,17H2,1-2H3. The highest BCUT2D eigenvalue weighted by Crippen LogP contribution is 2.50. The van der Waals surface area contributed by atoms with Gasteiger partial charge in [-0.2, -0.15) is 0 Å². The summed E-state index contributed by atoms with van der Waals surface area (Å²) in [5.41, 5.74) is 3.79. The fourth-order valence-electron chi connectivity index (χ4n) is 4.26. The number of phenols is 3. The van der Waals surface area contributed by atoms with E-state index >= 15 is 0 Å². The number of rotatable bonds is 7. The van der Waals surface area contributed by atoms with Gasteiger partial charge in [-0.1, -0.05) is 42.5 Å². The van der Waals surface area contributed by atoms with Crippen LogP contribution in [0.25, 0.3) is 33.2 Å². The van der Waals surface area contributed by atoms with E-state index in [4.69, 9.17) is 14.2 Å². The molecule has 0 spiro atoms. The Morgan fingerprint density at radius 1 is 0.730 bits per heavy atom. The molecule has 5 aromatic rings. The third kappa shape index (κ3) is 4.67. The van der Waals surface area contributed by atoms with E-state index in [1.54, 1.807) is 42.5 Å². The molecular formula is C30H25NO6. The zero-order valence-corrected chi connectivity index (χ0v) is 20.3. The maximum Gasteiger partial charge on any atom is 0.170 e. The maximum absolute atomic E-state index is 11.2. The first kappa shape index (κ1) is 23.8. The van der Waals surface area contributed by atoms with Crippen molar-refractivity contribution < 1.29 is 29.5 Å². The Hall–Kier alpha value is -4.91. The number of aromatic hydroxyl groups is 3. The average molecular weight is 496 g/mol. The van der Waals surface area contributed by atoms with Crippen LogP contribution < -0.4 is 14.2 Å². The Bertz CT molecular complexity index is 1580. The lowest BCUT2D eigenvalue weighted by molar-refractivity contribution is 0.285. The molecule has 0 aliphatic heterocycles. The lowest BCUT2D eigenvalue weighted by Gasteiger charge is -2.18. The fraction of sp³-hybridized carbons (Fsp3) is 0.100. The summed E-state index contributed by atoms with van der Waals surface area (Å²) in [6, 6.07) is 24.8. The molecule has 7 nitrogen and oxygen atoms in total. The Balaban J connectivity index is 1.46. The number of methoxy groups -OCH3 is 2. The summed E-state index contributed by atoms with van der Waals surface area (Å²) in [4.78, 5) is 4.59. The van der Waals surface area contributed by atoms with Gasteiger partial charge < -0.3 is 29.5 Å². The number of aromatic nitrogens is 1. The third-order valence-electron chi connectivity index (χ3n) is 6.10. The largest absolute Gasteiger partial charge is 0.508 e. The van der Waals surface area contributed by atoms with Crippen LogP contribution in [-0.4, -0.2) is 34.5 Å². The predicted octanol–water partition coefficient (Wildman–Crippen LogP) is 6.28. The number of fused-ring (bicyclic) bond motifs is 1. The summed E-state index contributed by atoms with van der Waals surface area (Å²) in [5.74, 6) is 0.799. The maximum atomic E-state index is 11.2. The summed E-state index contributed by atoms with van der Waals surface area (Å²) in [5, 5.41) is 32.6. The number of phenolic OH excluding ortho intramolecular Hbond substituents is 3. The van der Waals surface area contributed by atoms with Crippen LogP contribution in [-0.2, 0) is 6.61 Å². The van der Waals surface area contributed by atoms with Crippen LogP contribution in [0.3, 0.4) is 0 Å². The van der Waals surface area contributed by atoms with E-state index in [0.717, 1.165) is 22.2 Å². The van der Waals surface area contributed by atoms with E-state index in [9.17, 15) is 15.3 Å². The second kappa shape index (κ2) is 9.99. The van der Waals surface area contributed by atoms with Crippen molar-refractivity contribution in [1.29, 1.82) is 0 Å². The second-order valence-corrected chi connectivity index (χ2v) is 8.40. The minimum atomic E-state index is -0.140. The van der Waals surface area contributed by atoms with Crippen molar-refractivity contribution in [2.24, 2.45) is 0 Å². The summed E-state index contributed by atoms with van der Waals surface area (Å²) < 4.78 is 17.0. The van der Waals surface area contributed by atoms with E-state index in [2.05, 4.69) is 4.98 Å². The molecule has 0 amide bonds. The van der Waals surface area contributed by atoms with Gasteiger partial charge in [-0.25, -0.2) is 4.98 Å². The average Bonchev–Trinajstić information content (AvgIpc) is 2.92. The molecule has 0 unspecified atom stereocenters. The number of pyridine rings is 1. The molecule has 186 valence electrons. The van der Waals surface area contributed by atoms with Crippen LogP contribution in [0.4, 0.5) is 0 Å². The molecule has 0 aliphatic carbocycles. The van der Waals surface area contributed by atoms with Crippen LogP contribution in [0.1, 0.15) is 5.69 Å². The first-order valence-electron chi connectivity index (χ1n) is 11.6. The number of ether oxygens (including phenoxy) is 3. The molecule has 5 rings (SSSR count). The van der Waals surface area contributed by atoms with Gasteiger partial charge in [-0.15, -0.1) is 0 Å². The topological polar surface area (TPSA) is 101 Å². The van der Waals surface area contributed by atoms with Crippen LogP contribution >= 0.6 is 0 Å². The van der Waals surface area contributed by atoms with Gasteiger partial charge in [-0.05, 0) is 53.6 Å². The smallest absolute Gasteiger partial charge is 0.170 e. The Morgan fingerprint density at radius 3 is 2.22 bits per heavy atom. The van der Waals surface area contributed by atoms with E-state index < -0.39 is 0 Å². The second-order valence-electron chi connectivity index (χ2n) is 8.40. The number of hydrogen-bond donors (Lipinski definition) is 3. The highest BCUT2D eigenvalue weighted by Gasteiger charge is 2.22. The molecule has 0 saturated carbocycles. The van der Waals surface area contributed by atoms with E-state index in [1.807, 2.05) is 36.4 Å². The number of hydrogen-bond acceptors (Lipinski definition) is 7. The highest BCUT2D eigenvalue weighted by molar-refractivity contribution is 5.88. The minimum Gasteiger partial charge on any atom is -0.508 e. The molecular weight excluding hydrogens is 470 g/mol. The van der Waals surface area contributed by atoms with Crippen LogP contribution in [0.15, 0.2) is 84.9 Å². The van der Waals surface area contributed by atoms with Crippen molar-refractivity contribution in [1.82, 2.24) is 4.98 Å². The van der Waals surface area contributed by atoms with Crippen molar-refractivity contribution in [3.05, 3.63) is 90.6 Å². The van der Waals surface area contributed by atoms with E-state index in [0.29, 0.717) is 22.4 Å². The molecule has 0 aliphatic rings. The van der Waals surface area contributed by atoms with Gasteiger partial charge in [0.05, 0.1) is 31.0 Å². The number of nitrogens with zero attached hydrogens (tertiary/aromatic N) is 1. The van der Waals surface area contributed by atoms with Gasteiger partial charge in [0, 0.05) is 10.9 Å². The van der Waals surface area contributed by atoms with Crippen molar-refractivity contribution in [2.45, 2.75) is 6.61 Å². The van der Waals surface area contributed by atoms with E-state index in [1.165, 1.54) is 20.3 Å². The summed E-state index contributed by atoms with van der Waals surface area (Å²) >= 11 is 0. The zero-order chi connectivity index (χ0) is 25.9. The quantitative estimate of drug-likeness (QED) is 0.244. The van der Waals surface area contributed by atoms with Gasteiger partial charge in [0.1, 0.15) is 18.1 Å². The van der Waals surface area contributed by atoms with Crippen molar-refractivity contribution in [2.75, 3.05) is 14.2 Å². The van der Waals surface area contributed by atoms with Crippen LogP contribution in [0.5, 0.6) is 34.5 Å². The molecule has 1 heterocycles. The molecule has 4 aromatic carbocycles. The Morgan fingerprint density at radius 2 is 1.49 bits per heavy atom. The molecule has 1 aromatic heterocycles. The van der Waals surface area contributed by atoms with Crippen LogP contribution in [0, 0.1) is 0 Å². The molecule has 0 saturated heterocycles. The molecule has 7 heteroatoms. The summed E-state index contributed by atoms with van der Waals surface area (Å²) in [6.07, 6.45) is 0. The van der Waals surface area contributed by atoms with Crippen molar-refractivity contribution in [3.8, 4) is 56.8 Å². The van der Waals surface area contributed by atoms with Gasteiger partial charge in [0.15, 0.2) is 23.0 Å². The molecule has 0 fully saturated rings. The summed E-state index contributed by atoms with van der Waals surface area (Å²) in [6.45, 7) is 0.182. The van der Waals surface area contributed by atoms with Crippen molar-refractivity contribution in [3.63, 3.8) is 0 Å². The highest BCUT2D eigenvalue weighted by atomic mass is 16.5. The SMILES string of the molecule is COc1cc(-c2ccc(O)cc2)c(OC)c(O)c1-c1ccc(OCc2ccc3ccccc3n2)c(O)c1. The van der Waals surface area contributed by atoms with Gasteiger partial charge in [0.2, 0.25) is 0 Å². The molecule has 0 atom stereocenters. The van der Waals surface area contributed by atoms with Gasteiger partial charge >= 0.3 is 0 Å². The number of para-hydroxylation sites is 1. The Labute approximate surface area is 213 Å². The monoisotopic (exact) mass is 495 g/mol. The predicted molar refractivity (Wildman–Crippen MR) is 141 cm³/mol. The first-order valence-corrected chi connectivity index (χ1v) is 11.6. The molecule has 37 heavy (non-hydrogen) atoms. The molecule has 0 radical (unpaired) electrons. The zero-order valence-electron chi connectivity index (χ0n) is 20.3. The first-order chi connectivity index (χ1) is 18.0. The Kier molecular flexibility index (Phi) is 6.43. The lowest BCUT2D eigenvalue weighted by Crippen LogP contribution is -1.99. The van der Waals surface area contributed by atoms with E-state index in [-0.39, 0.29) is 35.4 Å².